The fourth-order valence-electron chi connectivity index (χ4n) is 5.02. The molecule has 0 bridgehead atoms. The monoisotopic (exact) mass is 408 g/mol. The number of aryl methyl sites for hydroxylation is 1. The number of hydrazine groups is 1. The SMILES string of the molecule is OCCC1CN(CC2CNNC2c2ccccc2)CCN1CCCc1ccccc1. The van der Waals surface area contributed by atoms with Crippen molar-refractivity contribution in [3.05, 3.63) is 71.8 Å². The average Bonchev–Trinajstić information content (AvgIpc) is 3.25. The van der Waals surface area contributed by atoms with Gasteiger partial charge in [-0.15, -0.1) is 0 Å². The first kappa shape index (κ1) is 21.5. The molecular weight excluding hydrogens is 372 g/mol. The highest BCUT2D eigenvalue weighted by atomic mass is 16.3. The van der Waals surface area contributed by atoms with Crippen LogP contribution in [-0.2, 0) is 6.42 Å². The van der Waals surface area contributed by atoms with E-state index in [-0.39, 0.29) is 6.61 Å². The summed E-state index contributed by atoms with van der Waals surface area (Å²) in [7, 11) is 0. The van der Waals surface area contributed by atoms with Crippen molar-refractivity contribution in [3.63, 3.8) is 0 Å². The van der Waals surface area contributed by atoms with Crippen LogP contribution in [0, 0.1) is 5.92 Å². The zero-order chi connectivity index (χ0) is 20.6. The van der Waals surface area contributed by atoms with Gasteiger partial charge in [-0.1, -0.05) is 60.7 Å². The summed E-state index contributed by atoms with van der Waals surface area (Å²) in [5.74, 6) is 0.562. The molecule has 2 aliphatic rings. The van der Waals surface area contributed by atoms with Gasteiger partial charge in [-0.3, -0.25) is 10.3 Å². The van der Waals surface area contributed by atoms with E-state index < -0.39 is 0 Å². The Morgan fingerprint density at radius 2 is 1.73 bits per heavy atom. The van der Waals surface area contributed by atoms with Gasteiger partial charge in [0.15, 0.2) is 0 Å². The molecule has 4 rings (SSSR count). The maximum absolute atomic E-state index is 9.64. The number of benzene rings is 2. The Balaban J connectivity index is 1.29. The molecular formula is C25H36N4O. The first-order chi connectivity index (χ1) is 14.8. The lowest BCUT2D eigenvalue weighted by atomic mass is 9.94. The Hall–Kier alpha value is -1.76. The van der Waals surface area contributed by atoms with Crippen molar-refractivity contribution in [2.45, 2.75) is 31.3 Å². The molecule has 162 valence electrons. The van der Waals surface area contributed by atoms with E-state index in [4.69, 9.17) is 0 Å². The van der Waals surface area contributed by atoms with Crippen molar-refractivity contribution in [2.24, 2.45) is 5.92 Å². The van der Waals surface area contributed by atoms with Crippen LogP contribution in [0.25, 0.3) is 0 Å². The van der Waals surface area contributed by atoms with Crippen LogP contribution in [-0.4, -0.2) is 66.8 Å². The molecule has 2 heterocycles. The summed E-state index contributed by atoms with van der Waals surface area (Å²) in [6, 6.07) is 22.4. The van der Waals surface area contributed by atoms with Gasteiger partial charge in [-0.25, -0.2) is 5.43 Å². The van der Waals surface area contributed by atoms with Gasteiger partial charge in [0.1, 0.15) is 0 Å². The smallest absolute Gasteiger partial charge is 0.0515 e. The minimum atomic E-state index is 0.271. The third kappa shape index (κ3) is 5.68. The van der Waals surface area contributed by atoms with Crippen molar-refractivity contribution < 1.29 is 5.11 Å². The maximum Gasteiger partial charge on any atom is 0.0515 e. The molecule has 0 aromatic heterocycles. The van der Waals surface area contributed by atoms with E-state index in [9.17, 15) is 5.11 Å². The maximum atomic E-state index is 9.64. The molecule has 0 saturated carbocycles. The summed E-state index contributed by atoms with van der Waals surface area (Å²) in [6.07, 6.45) is 3.18. The zero-order valence-electron chi connectivity index (χ0n) is 17.9. The molecule has 5 nitrogen and oxygen atoms in total. The standard InChI is InChI=1S/C25H36N4O/c30-17-13-24-20-28(15-16-29(24)14-7-10-21-8-3-1-4-9-21)19-23-18-26-27-25(23)22-11-5-2-6-12-22/h1-6,8-9,11-12,23-27,30H,7,10,13-20H2. The van der Waals surface area contributed by atoms with Crippen LogP contribution in [0.4, 0.5) is 0 Å². The third-order valence-electron chi connectivity index (χ3n) is 6.65. The van der Waals surface area contributed by atoms with Crippen molar-refractivity contribution in [1.82, 2.24) is 20.7 Å². The summed E-state index contributed by atoms with van der Waals surface area (Å²) in [5.41, 5.74) is 9.63. The first-order valence-electron chi connectivity index (χ1n) is 11.5. The molecule has 2 aromatic carbocycles. The Labute approximate surface area is 181 Å². The summed E-state index contributed by atoms with van der Waals surface area (Å²) >= 11 is 0. The van der Waals surface area contributed by atoms with Gasteiger partial charge in [-0.05, 0) is 36.9 Å². The molecule has 2 aromatic rings. The van der Waals surface area contributed by atoms with Gasteiger partial charge >= 0.3 is 0 Å². The van der Waals surface area contributed by atoms with E-state index in [1.54, 1.807) is 0 Å². The van der Waals surface area contributed by atoms with Crippen LogP contribution in [0.5, 0.6) is 0 Å². The number of nitrogens with zero attached hydrogens (tertiary/aromatic N) is 2. The second-order valence-corrected chi connectivity index (χ2v) is 8.72. The number of aliphatic hydroxyl groups is 1. The molecule has 0 spiro atoms. The lowest BCUT2D eigenvalue weighted by Gasteiger charge is -2.42. The molecule has 2 aliphatic heterocycles. The minimum absolute atomic E-state index is 0.271. The van der Waals surface area contributed by atoms with Crippen LogP contribution < -0.4 is 10.9 Å². The first-order valence-corrected chi connectivity index (χ1v) is 11.5. The van der Waals surface area contributed by atoms with Gasteiger partial charge in [0.2, 0.25) is 0 Å². The van der Waals surface area contributed by atoms with Crippen LogP contribution >= 0.6 is 0 Å². The van der Waals surface area contributed by atoms with E-state index in [2.05, 4.69) is 81.3 Å². The normalized spacial score (nSPS) is 25.6. The number of piperazine rings is 1. The van der Waals surface area contributed by atoms with Crippen molar-refractivity contribution in [2.75, 3.05) is 45.9 Å². The minimum Gasteiger partial charge on any atom is -0.396 e. The molecule has 0 radical (unpaired) electrons. The van der Waals surface area contributed by atoms with Crippen molar-refractivity contribution in [3.8, 4) is 0 Å². The van der Waals surface area contributed by atoms with Gasteiger partial charge < -0.3 is 10.0 Å². The van der Waals surface area contributed by atoms with E-state index >= 15 is 0 Å². The molecule has 3 atom stereocenters. The van der Waals surface area contributed by atoms with Crippen molar-refractivity contribution >= 4 is 0 Å². The number of aliphatic hydroxyl groups excluding tert-OH is 1. The fourth-order valence-corrected chi connectivity index (χ4v) is 5.02. The quantitative estimate of drug-likeness (QED) is 0.595. The summed E-state index contributed by atoms with van der Waals surface area (Å²) in [4.78, 5) is 5.22. The van der Waals surface area contributed by atoms with E-state index in [1.807, 2.05) is 0 Å². The molecule has 2 fully saturated rings. The average molecular weight is 409 g/mol. The van der Waals surface area contributed by atoms with Crippen LogP contribution in [0.1, 0.15) is 30.0 Å². The Kier molecular flexibility index (Phi) is 7.89. The molecule has 2 saturated heterocycles. The molecule has 0 amide bonds. The summed E-state index contributed by atoms with van der Waals surface area (Å²) in [5, 5.41) is 9.64. The molecule has 0 aliphatic carbocycles. The largest absolute Gasteiger partial charge is 0.396 e. The van der Waals surface area contributed by atoms with E-state index in [0.717, 1.165) is 52.1 Å². The second kappa shape index (κ2) is 11.0. The fraction of sp³-hybridized carbons (Fsp3) is 0.520. The lowest BCUT2D eigenvalue weighted by molar-refractivity contribution is 0.0502. The highest BCUT2D eigenvalue weighted by Crippen LogP contribution is 2.26. The third-order valence-corrected chi connectivity index (χ3v) is 6.65. The topological polar surface area (TPSA) is 50.8 Å². The Morgan fingerprint density at radius 3 is 2.50 bits per heavy atom. The zero-order valence-corrected chi connectivity index (χ0v) is 17.9. The number of hydrogen-bond donors (Lipinski definition) is 3. The highest BCUT2D eigenvalue weighted by Gasteiger charge is 2.33. The second-order valence-electron chi connectivity index (χ2n) is 8.72. The van der Waals surface area contributed by atoms with Gasteiger partial charge in [0.25, 0.3) is 0 Å². The molecule has 3 N–H and O–H groups in total. The van der Waals surface area contributed by atoms with Crippen LogP contribution in [0.2, 0.25) is 0 Å². The number of hydrogen-bond acceptors (Lipinski definition) is 5. The summed E-state index contributed by atoms with van der Waals surface area (Å²) < 4.78 is 0. The number of nitrogens with one attached hydrogen (secondary N) is 2. The molecule has 3 unspecified atom stereocenters. The van der Waals surface area contributed by atoms with Gasteiger partial charge in [0.05, 0.1) is 6.04 Å². The number of rotatable bonds is 9. The highest BCUT2D eigenvalue weighted by molar-refractivity contribution is 5.21. The Bertz CT molecular complexity index is 741. The summed E-state index contributed by atoms with van der Waals surface area (Å²) in [6.45, 7) is 6.76. The Morgan fingerprint density at radius 1 is 0.967 bits per heavy atom. The van der Waals surface area contributed by atoms with Crippen LogP contribution in [0.15, 0.2) is 60.7 Å². The predicted molar refractivity (Wildman–Crippen MR) is 122 cm³/mol. The van der Waals surface area contributed by atoms with Crippen LogP contribution in [0.3, 0.4) is 0 Å². The van der Waals surface area contributed by atoms with E-state index in [1.165, 1.54) is 17.5 Å². The van der Waals surface area contributed by atoms with Gasteiger partial charge in [0, 0.05) is 51.3 Å². The van der Waals surface area contributed by atoms with Gasteiger partial charge in [-0.2, -0.15) is 0 Å². The predicted octanol–water partition coefficient (Wildman–Crippen LogP) is 2.45. The molecule has 5 heteroatoms. The molecule has 30 heavy (non-hydrogen) atoms. The lowest BCUT2D eigenvalue weighted by Crippen LogP contribution is -2.54. The van der Waals surface area contributed by atoms with E-state index in [0.29, 0.717) is 18.0 Å². The van der Waals surface area contributed by atoms with Crippen molar-refractivity contribution in [1.29, 1.82) is 0 Å².